The van der Waals surface area contributed by atoms with Crippen LogP contribution in [0.1, 0.15) is 251 Å². The van der Waals surface area contributed by atoms with Gasteiger partial charge in [-0.15, -0.1) is 0 Å². The average Bonchev–Trinajstić information content (AvgIpc) is 3.26. The highest BCUT2D eigenvalue weighted by atomic mass is 32.3. The van der Waals surface area contributed by atoms with Crippen molar-refractivity contribution in [2.24, 2.45) is 0 Å². The van der Waals surface area contributed by atoms with Gasteiger partial charge in [-0.05, 0) is 12.8 Å². The van der Waals surface area contributed by atoms with Crippen molar-refractivity contribution in [1.29, 1.82) is 0 Å². The molecule has 0 saturated carbocycles. The molecule has 1 aliphatic heterocycles. The number of hydrogen-bond donors (Lipinski definition) is 4. The molecule has 6 unspecified atom stereocenters. The third-order valence-corrected chi connectivity index (χ3v) is 12.9. The van der Waals surface area contributed by atoms with Crippen molar-refractivity contribution in [3.8, 4) is 0 Å². The third kappa shape index (κ3) is 35.9. The largest absolute Gasteiger partial charge is 0.457 e. The van der Waals surface area contributed by atoms with Crippen LogP contribution in [0.2, 0.25) is 0 Å². The number of esters is 1. The molecule has 376 valence electrons. The molecular weight excluding hydrogens is 825 g/mol. The van der Waals surface area contributed by atoms with E-state index in [2.05, 4.69) is 18.0 Å². The van der Waals surface area contributed by atoms with Crippen LogP contribution in [-0.4, -0.2) is 97.5 Å². The van der Waals surface area contributed by atoms with Crippen LogP contribution in [0.5, 0.6) is 0 Å². The molecule has 0 aromatic heterocycles. The number of carbonyl (C=O) groups excluding carboxylic acids is 1. The van der Waals surface area contributed by atoms with Crippen LogP contribution in [0, 0.1) is 0 Å². The molecule has 13 heteroatoms. The molecule has 1 aliphatic rings. The Bertz CT molecular complexity index is 1110. The van der Waals surface area contributed by atoms with Crippen molar-refractivity contribution < 1.29 is 56.2 Å². The lowest BCUT2D eigenvalue weighted by Crippen LogP contribution is -2.60. The van der Waals surface area contributed by atoms with Crippen LogP contribution >= 0.6 is 0 Å². The summed E-state index contributed by atoms with van der Waals surface area (Å²) in [5, 5.41) is 30.7. The SMILES string of the molecule is CCCCCCCCCCCCCCCCCCCCCCCOCC(COC1OC(CO)C(O)C(OS(=O)(=O)O)C1O)OC(=O)CCCCCCCCCCCCCCCCC. The van der Waals surface area contributed by atoms with E-state index in [9.17, 15) is 33.1 Å². The zero-order chi connectivity index (χ0) is 46.1. The van der Waals surface area contributed by atoms with E-state index >= 15 is 0 Å². The number of aliphatic hydroxyl groups excluding tert-OH is 3. The van der Waals surface area contributed by atoms with Gasteiger partial charge in [0.25, 0.3) is 0 Å². The van der Waals surface area contributed by atoms with Crippen LogP contribution < -0.4 is 0 Å². The zero-order valence-electron chi connectivity index (χ0n) is 40.4. The molecule has 0 radical (unpaired) electrons. The Kier molecular flexibility index (Phi) is 40.5. The van der Waals surface area contributed by atoms with E-state index in [1.54, 1.807) is 0 Å². The van der Waals surface area contributed by atoms with E-state index in [1.807, 2.05) is 0 Å². The van der Waals surface area contributed by atoms with Crippen molar-refractivity contribution >= 4 is 16.4 Å². The van der Waals surface area contributed by atoms with Gasteiger partial charge in [-0.1, -0.05) is 232 Å². The first kappa shape index (κ1) is 60.1. The lowest BCUT2D eigenvalue weighted by Gasteiger charge is -2.41. The second-order valence-electron chi connectivity index (χ2n) is 18.5. The summed E-state index contributed by atoms with van der Waals surface area (Å²) in [5.41, 5.74) is 0. The molecule has 1 fully saturated rings. The average molecular weight is 923 g/mol. The van der Waals surface area contributed by atoms with Gasteiger partial charge in [0, 0.05) is 13.0 Å². The molecule has 0 spiro atoms. The van der Waals surface area contributed by atoms with Gasteiger partial charge in [0.05, 0.1) is 19.8 Å². The fraction of sp³-hybridized carbons (Fsp3) is 0.980. The van der Waals surface area contributed by atoms with Crippen molar-refractivity contribution in [3.05, 3.63) is 0 Å². The highest BCUT2D eigenvalue weighted by molar-refractivity contribution is 7.80. The standard InChI is InChI=1S/C50H98O12S/c1-3-5-7-9-11-13-15-17-19-20-21-22-23-24-26-28-30-32-34-36-38-40-58-42-44(43-59-50-48(54)49(62-63(55,56)57)47(53)45(41-51)61-50)60-46(52)39-37-35-33-31-29-27-25-18-16-14-12-10-8-6-4-2/h44-45,47-51,53-54H,3-43H2,1-2H3,(H,55,56,57). The number of carbonyl (C=O) groups is 1. The molecule has 0 bridgehead atoms. The van der Waals surface area contributed by atoms with Crippen molar-refractivity contribution in [2.45, 2.75) is 288 Å². The lowest BCUT2D eigenvalue weighted by atomic mass is 9.99. The van der Waals surface area contributed by atoms with Gasteiger partial charge < -0.3 is 34.3 Å². The quantitative estimate of drug-likeness (QED) is 0.0258. The molecule has 4 N–H and O–H groups in total. The fourth-order valence-corrected chi connectivity index (χ4v) is 9.01. The topological polar surface area (TPSA) is 178 Å². The summed E-state index contributed by atoms with van der Waals surface area (Å²) in [4.78, 5) is 12.9. The van der Waals surface area contributed by atoms with E-state index < -0.39 is 59.8 Å². The monoisotopic (exact) mass is 923 g/mol. The Balaban J connectivity index is 2.31. The van der Waals surface area contributed by atoms with Crippen LogP contribution in [0.15, 0.2) is 0 Å². The van der Waals surface area contributed by atoms with Crippen LogP contribution in [0.25, 0.3) is 0 Å². The van der Waals surface area contributed by atoms with Gasteiger partial charge in [-0.25, -0.2) is 4.18 Å². The van der Waals surface area contributed by atoms with Crippen LogP contribution in [0.3, 0.4) is 0 Å². The number of rotatable bonds is 47. The normalized spacial score (nSPS) is 19.7. The van der Waals surface area contributed by atoms with Crippen molar-refractivity contribution in [3.63, 3.8) is 0 Å². The smallest absolute Gasteiger partial charge is 0.397 e. The van der Waals surface area contributed by atoms with Gasteiger partial charge in [0.15, 0.2) is 6.29 Å². The maximum absolute atomic E-state index is 12.9. The van der Waals surface area contributed by atoms with Crippen molar-refractivity contribution in [2.75, 3.05) is 26.4 Å². The van der Waals surface area contributed by atoms with E-state index in [1.165, 1.54) is 186 Å². The second-order valence-corrected chi connectivity index (χ2v) is 19.5. The maximum atomic E-state index is 12.9. The van der Waals surface area contributed by atoms with Gasteiger partial charge in [0.1, 0.15) is 30.5 Å². The number of aliphatic hydroxyl groups is 3. The van der Waals surface area contributed by atoms with Crippen LogP contribution in [-0.2, 0) is 38.3 Å². The Morgan fingerprint density at radius 1 is 0.540 bits per heavy atom. The van der Waals surface area contributed by atoms with Gasteiger partial charge in [-0.2, -0.15) is 8.42 Å². The maximum Gasteiger partial charge on any atom is 0.397 e. The summed E-state index contributed by atoms with van der Waals surface area (Å²) < 4.78 is 59.3. The van der Waals surface area contributed by atoms with Gasteiger partial charge >= 0.3 is 16.4 Å². The molecule has 1 heterocycles. The van der Waals surface area contributed by atoms with Crippen molar-refractivity contribution in [1.82, 2.24) is 0 Å². The predicted octanol–water partition coefficient (Wildman–Crippen LogP) is 12.0. The molecule has 63 heavy (non-hydrogen) atoms. The fourth-order valence-electron chi connectivity index (χ4n) is 8.50. The Morgan fingerprint density at radius 3 is 1.27 bits per heavy atom. The summed E-state index contributed by atoms with van der Waals surface area (Å²) in [6.45, 7) is 4.06. The second kappa shape index (κ2) is 42.5. The minimum atomic E-state index is -5.06. The molecule has 12 nitrogen and oxygen atoms in total. The first-order valence-corrected chi connectivity index (χ1v) is 27.7. The Morgan fingerprint density at radius 2 is 0.905 bits per heavy atom. The molecule has 0 aromatic rings. The van der Waals surface area contributed by atoms with E-state index in [4.69, 9.17) is 18.9 Å². The van der Waals surface area contributed by atoms with Gasteiger partial charge in [0.2, 0.25) is 0 Å². The van der Waals surface area contributed by atoms with E-state index in [0.29, 0.717) is 13.0 Å². The Labute approximate surface area is 386 Å². The van der Waals surface area contributed by atoms with E-state index in [-0.39, 0.29) is 19.6 Å². The summed E-state index contributed by atoms with van der Waals surface area (Å²) in [6, 6.07) is 0. The number of hydrogen-bond acceptors (Lipinski definition) is 11. The summed E-state index contributed by atoms with van der Waals surface area (Å²) in [5.74, 6) is -0.391. The molecule has 0 amide bonds. The highest BCUT2D eigenvalue weighted by Gasteiger charge is 2.48. The van der Waals surface area contributed by atoms with Crippen LogP contribution in [0.4, 0.5) is 0 Å². The highest BCUT2D eigenvalue weighted by Crippen LogP contribution is 2.26. The zero-order valence-corrected chi connectivity index (χ0v) is 41.2. The Hall–Kier alpha value is -0.900. The minimum absolute atomic E-state index is 0.0452. The van der Waals surface area contributed by atoms with E-state index in [0.717, 1.165) is 38.5 Å². The first-order valence-electron chi connectivity index (χ1n) is 26.3. The summed E-state index contributed by atoms with van der Waals surface area (Å²) in [6.07, 6.45) is 37.1. The molecule has 0 aliphatic carbocycles. The molecule has 0 aromatic carbocycles. The molecule has 1 saturated heterocycles. The summed E-state index contributed by atoms with van der Waals surface area (Å²) >= 11 is 0. The predicted molar refractivity (Wildman–Crippen MR) is 253 cm³/mol. The lowest BCUT2D eigenvalue weighted by molar-refractivity contribution is -0.301. The first-order chi connectivity index (χ1) is 30.6. The van der Waals surface area contributed by atoms with Gasteiger partial charge in [-0.3, -0.25) is 9.35 Å². The molecular formula is C50H98O12S. The number of ether oxygens (including phenoxy) is 4. The molecule has 6 atom stereocenters. The minimum Gasteiger partial charge on any atom is -0.457 e. The molecule has 1 rings (SSSR count). The third-order valence-electron chi connectivity index (χ3n) is 12.5. The summed E-state index contributed by atoms with van der Waals surface area (Å²) in [7, 11) is -5.06. The number of unbranched alkanes of at least 4 members (excludes halogenated alkanes) is 34.